The second kappa shape index (κ2) is 9.99. The third-order valence-electron chi connectivity index (χ3n) is 3.35. The Balaban J connectivity index is 1.63. The van der Waals surface area contributed by atoms with Crippen LogP contribution in [-0.4, -0.2) is 31.5 Å². The molecule has 0 atom stereocenters. The first-order valence-corrected chi connectivity index (χ1v) is 8.55. The molecule has 0 saturated carbocycles. The van der Waals surface area contributed by atoms with E-state index in [1.54, 1.807) is 24.3 Å². The van der Waals surface area contributed by atoms with Crippen molar-refractivity contribution in [3.05, 3.63) is 63.9 Å². The Labute approximate surface area is 160 Å². The van der Waals surface area contributed by atoms with Crippen molar-refractivity contribution in [3.8, 4) is 5.75 Å². The van der Waals surface area contributed by atoms with E-state index in [9.17, 15) is 14.0 Å². The number of hydrogen-bond acceptors (Lipinski definition) is 3. The Morgan fingerprint density at radius 3 is 2.42 bits per heavy atom. The number of ether oxygens (including phenoxy) is 1. The van der Waals surface area contributed by atoms with E-state index in [4.69, 9.17) is 27.9 Å². The van der Waals surface area contributed by atoms with Gasteiger partial charge in [0.05, 0.1) is 11.6 Å². The van der Waals surface area contributed by atoms with Gasteiger partial charge in [-0.05, 0) is 42.3 Å². The molecule has 0 aliphatic carbocycles. The van der Waals surface area contributed by atoms with Gasteiger partial charge < -0.3 is 15.4 Å². The van der Waals surface area contributed by atoms with Crippen molar-refractivity contribution in [2.45, 2.75) is 6.42 Å². The Bertz CT molecular complexity index is 770. The number of halogens is 3. The van der Waals surface area contributed by atoms with Crippen LogP contribution in [0.1, 0.15) is 5.56 Å². The molecule has 5 nitrogen and oxygen atoms in total. The van der Waals surface area contributed by atoms with Crippen molar-refractivity contribution < 1.29 is 18.7 Å². The molecule has 0 aromatic heterocycles. The zero-order valence-corrected chi connectivity index (χ0v) is 15.2. The molecular weight excluding hydrogens is 382 g/mol. The van der Waals surface area contributed by atoms with Gasteiger partial charge in [0.2, 0.25) is 5.91 Å². The molecule has 2 rings (SSSR count). The van der Waals surface area contributed by atoms with Crippen LogP contribution in [0, 0.1) is 5.82 Å². The lowest BCUT2D eigenvalue weighted by molar-refractivity contribution is -0.127. The molecule has 0 aliphatic heterocycles. The number of carbonyl (C=O) groups excluding carboxylic acids is 2. The van der Waals surface area contributed by atoms with Crippen LogP contribution in [0.2, 0.25) is 10.0 Å². The molecule has 0 fully saturated rings. The van der Waals surface area contributed by atoms with Crippen LogP contribution in [0.5, 0.6) is 5.75 Å². The van der Waals surface area contributed by atoms with Gasteiger partial charge >= 0.3 is 0 Å². The zero-order valence-electron chi connectivity index (χ0n) is 13.7. The molecule has 8 heteroatoms. The fourth-order valence-electron chi connectivity index (χ4n) is 2.03. The lowest BCUT2D eigenvalue weighted by Crippen LogP contribution is -2.39. The maximum Gasteiger partial charge on any atom is 0.258 e. The fraction of sp³-hybridized carbons (Fsp3) is 0.222. The average molecular weight is 399 g/mol. The van der Waals surface area contributed by atoms with Crippen LogP contribution in [-0.2, 0) is 16.0 Å². The molecule has 138 valence electrons. The van der Waals surface area contributed by atoms with Gasteiger partial charge in [0.1, 0.15) is 11.6 Å². The van der Waals surface area contributed by atoms with Crippen LogP contribution in [0.15, 0.2) is 42.5 Å². The number of rotatable bonds is 8. The lowest BCUT2D eigenvalue weighted by atomic mass is 10.1. The molecule has 0 unspecified atom stereocenters. The van der Waals surface area contributed by atoms with Gasteiger partial charge in [-0.15, -0.1) is 0 Å². The van der Waals surface area contributed by atoms with Gasteiger partial charge in [0.25, 0.3) is 5.91 Å². The highest BCUT2D eigenvalue weighted by Crippen LogP contribution is 2.27. The van der Waals surface area contributed by atoms with Crippen molar-refractivity contribution in [1.82, 2.24) is 10.6 Å². The molecule has 2 aromatic carbocycles. The molecular formula is C18H17Cl2FN2O3. The second-order valence-corrected chi connectivity index (χ2v) is 6.21. The second-order valence-electron chi connectivity index (χ2n) is 5.37. The van der Waals surface area contributed by atoms with E-state index in [1.807, 2.05) is 0 Å². The standard InChI is InChI=1S/C18H17Cl2FN2O3/c19-13-3-6-16(15(20)9-13)26-11-18(25)23-10-17(24)22-8-7-12-1-4-14(21)5-2-12/h1-6,9H,7-8,10-11H2,(H,22,24)(H,23,25). The summed E-state index contributed by atoms with van der Waals surface area (Å²) in [5.41, 5.74) is 0.906. The molecule has 2 aromatic rings. The lowest BCUT2D eigenvalue weighted by Gasteiger charge is -2.09. The van der Waals surface area contributed by atoms with E-state index in [0.29, 0.717) is 28.8 Å². The van der Waals surface area contributed by atoms with E-state index in [2.05, 4.69) is 10.6 Å². The first-order valence-electron chi connectivity index (χ1n) is 7.80. The minimum Gasteiger partial charge on any atom is -0.482 e. The first kappa shape index (κ1) is 20.0. The smallest absolute Gasteiger partial charge is 0.258 e. The fourth-order valence-corrected chi connectivity index (χ4v) is 2.49. The van der Waals surface area contributed by atoms with E-state index in [0.717, 1.165) is 5.56 Å². The molecule has 0 saturated heterocycles. The SMILES string of the molecule is O=C(CNC(=O)COc1ccc(Cl)cc1Cl)NCCc1ccc(F)cc1. The molecule has 0 spiro atoms. The van der Waals surface area contributed by atoms with Crippen LogP contribution in [0.4, 0.5) is 4.39 Å². The normalized spacial score (nSPS) is 10.3. The Kier molecular flexibility index (Phi) is 7.69. The monoisotopic (exact) mass is 398 g/mol. The van der Waals surface area contributed by atoms with Crippen molar-refractivity contribution in [2.75, 3.05) is 19.7 Å². The molecule has 0 bridgehead atoms. The molecule has 2 N–H and O–H groups in total. The van der Waals surface area contributed by atoms with Crippen molar-refractivity contribution in [1.29, 1.82) is 0 Å². The summed E-state index contributed by atoms with van der Waals surface area (Å²) in [5, 5.41) is 5.87. The summed E-state index contributed by atoms with van der Waals surface area (Å²) < 4.78 is 18.1. The van der Waals surface area contributed by atoms with Crippen molar-refractivity contribution in [3.63, 3.8) is 0 Å². The summed E-state index contributed by atoms with van der Waals surface area (Å²) in [4.78, 5) is 23.4. The number of carbonyl (C=O) groups is 2. The predicted octanol–water partition coefficient (Wildman–Crippen LogP) is 2.99. The number of amides is 2. The van der Waals surface area contributed by atoms with E-state index in [1.165, 1.54) is 18.2 Å². The topological polar surface area (TPSA) is 67.4 Å². The molecule has 26 heavy (non-hydrogen) atoms. The van der Waals surface area contributed by atoms with Gasteiger partial charge in [-0.3, -0.25) is 9.59 Å². The molecule has 0 aliphatic rings. The highest BCUT2D eigenvalue weighted by molar-refractivity contribution is 6.35. The summed E-state index contributed by atoms with van der Waals surface area (Å²) in [6.07, 6.45) is 0.568. The minimum atomic E-state index is -0.454. The molecule has 2 amide bonds. The largest absolute Gasteiger partial charge is 0.482 e. The Hall–Kier alpha value is -2.31. The van der Waals surface area contributed by atoms with Gasteiger partial charge in [0.15, 0.2) is 6.61 Å². The summed E-state index contributed by atoms with van der Waals surface area (Å²) in [7, 11) is 0. The van der Waals surface area contributed by atoms with E-state index < -0.39 is 5.91 Å². The van der Waals surface area contributed by atoms with Crippen LogP contribution >= 0.6 is 23.2 Å². The molecule has 0 radical (unpaired) electrons. The Morgan fingerprint density at radius 2 is 1.73 bits per heavy atom. The summed E-state index contributed by atoms with van der Waals surface area (Å²) in [6.45, 7) is -0.0542. The van der Waals surface area contributed by atoms with Crippen molar-refractivity contribution >= 4 is 35.0 Å². The highest BCUT2D eigenvalue weighted by Gasteiger charge is 2.08. The van der Waals surface area contributed by atoms with Crippen molar-refractivity contribution in [2.24, 2.45) is 0 Å². The third kappa shape index (κ3) is 6.90. The maximum absolute atomic E-state index is 12.8. The first-order chi connectivity index (χ1) is 12.4. The predicted molar refractivity (Wildman–Crippen MR) is 98.1 cm³/mol. The van der Waals surface area contributed by atoms with Crippen LogP contribution in [0.25, 0.3) is 0 Å². The quantitative estimate of drug-likeness (QED) is 0.717. The summed E-state index contributed by atoms with van der Waals surface area (Å²) >= 11 is 11.7. The number of benzene rings is 2. The van der Waals surface area contributed by atoms with Gasteiger partial charge in [-0.1, -0.05) is 35.3 Å². The Morgan fingerprint density at radius 1 is 1.00 bits per heavy atom. The summed E-state index contributed by atoms with van der Waals surface area (Å²) in [5.74, 6) is -0.757. The third-order valence-corrected chi connectivity index (χ3v) is 3.88. The molecule has 0 heterocycles. The zero-order chi connectivity index (χ0) is 18.9. The van der Waals surface area contributed by atoms with Gasteiger partial charge in [-0.2, -0.15) is 0 Å². The highest BCUT2D eigenvalue weighted by atomic mass is 35.5. The summed E-state index contributed by atoms with van der Waals surface area (Å²) in [6, 6.07) is 10.7. The number of nitrogens with one attached hydrogen (secondary N) is 2. The van der Waals surface area contributed by atoms with Gasteiger partial charge in [0, 0.05) is 11.6 Å². The number of hydrogen-bond donors (Lipinski definition) is 2. The van der Waals surface area contributed by atoms with E-state index in [-0.39, 0.29) is 24.9 Å². The van der Waals surface area contributed by atoms with Gasteiger partial charge in [-0.25, -0.2) is 4.39 Å². The average Bonchev–Trinajstić information content (AvgIpc) is 2.61. The van der Waals surface area contributed by atoms with E-state index >= 15 is 0 Å². The maximum atomic E-state index is 12.8. The minimum absolute atomic E-state index is 0.167. The van der Waals surface area contributed by atoms with Crippen LogP contribution in [0.3, 0.4) is 0 Å². The van der Waals surface area contributed by atoms with Crippen LogP contribution < -0.4 is 15.4 Å².